The first-order valence-electron chi connectivity index (χ1n) is 9.77. The highest BCUT2D eigenvalue weighted by Gasteiger charge is 2.24. The van der Waals surface area contributed by atoms with E-state index in [0.29, 0.717) is 12.1 Å². The summed E-state index contributed by atoms with van der Waals surface area (Å²) in [5.41, 5.74) is 4.01. The van der Waals surface area contributed by atoms with Gasteiger partial charge in [-0.2, -0.15) is 0 Å². The van der Waals surface area contributed by atoms with E-state index in [9.17, 15) is 4.79 Å². The van der Waals surface area contributed by atoms with Crippen LogP contribution in [0.1, 0.15) is 21.5 Å². The van der Waals surface area contributed by atoms with Gasteiger partial charge in [-0.3, -0.25) is 9.69 Å². The highest BCUT2D eigenvalue weighted by atomic mass is 32.1. The zero-order valence-electron chi connectivity index (χ0n) is 16.4. The Morgan fingerprint density at radius 1 is 1.11 bits per heavy atom. The maximum absolute atomic E-state index is 13.3. The summed E-state index contributed by atoms with van der Waals surface area (Å²) in [4.78, 5) is 21.4. The SMILES string of the molecule is Cc1ccc(C(=O)N(CC[NH+]2CCOCC2)c2nc3ccc(C)cc3s2)cc1. The molecule has 0 unspecified atom stereocenters. The average Bonchev–Trinajstić information content (AvgIpc) is 3.12. The maximum atomic E-state index is 13.3. The van der Waals surface area contributed by atoms with Crippen LogP contribution in [0.3, 0.4) is 0 Å². The summed E-state index contributed by atoms with van der Waals surface area (Å²) in [5, 5.41) is 0.777. The molecule has 1 aliphatic heterocycles. The van der Waals surface area contributed by atoms with E-state index in [0.717, 1.165) is 53.8 Å². The number of carbonyl (C=O) groups is 1. The minimum Gasteiger partial charge on any atom is -0.370 e. The number of quaternary nitrogens is 1. The predicted molar refractivity (Wildman–Crippen MR) is 114 cm³/mol. The number of hydrogen-bond donors (Lipinski definition) is 1. The molecule has 4 rings (SSSR count). The molecule has 28 heavy (non-hydrogen) atoms. The van der Waals surface area contributed by atoms with Gasteiger partial charge in [-0.1, -0.05) is 35.1 Å². The fraction of sp³-hybridized carbons (Fsp3) is 0.364. The number of amides is 1. The van der Waals surface area contributed by atoms with Crippen LogP contribution in [0.4, 0.5) is 5.13 Å². The molecule has 2 aromatic carbocycles. The Balaban J connectivity index is 1.62. The molecule has 146 valence electrons. The van der Waals surface area contributed by atoms with E-state index in [-0.39, 0.29) is 5.91 Å². The van der Waals surface area contributed by atoms with Gasteiger partial charge in [0.25, 0.3) is 5.91 Å². The zero-order valence-corrected chi connectivity index (χ0v) is 17.2. The number of aromatic nitrogens is 1. The largest absolute Gasteiger partial charge is 0.370 e. The van der Waals surface area contributed by atoms with E-state index in [2.05, 4.69) is 19.1 Å². The Hall–Kier alpha value is -2.28. The third-order valence-corrected chi connectivity index (χ3v) is 6.24. The standard InChI is InChI=1S/C22H25N3O2S/c1-16-3-6-18(7-4-16)21(26)25(10-9-24-11-13-27-14-12-24)22-23-19-8-5-17(2)15-20(19)28-22/h3-8,15H,9-14H2,1-2H3/p+1. The van der Waals surface area contributed by atoms with Crippen molar-refractivity contribution in [3.8, 4) is 0 Å². The van der Waals surface area contributed by atoms with Gasteiger partial charge in [0.1, 0.15) is 13.1 Å². The summed E-state index contributed by atoms with van der Waals surface area (Å²) in [6.45, 7) is 9.23. The van der Waals surface area contributed by atoms with Gasteiger partial charge in [0, 0.05) is 5.56 Å². The molecule has 1 aliphatic rings. The maximum Gasteiger partial charge on any atom is 0.260 e. The monoisotopic (exact) mass is 396 g/mol. The molecule has 0 saturated carbocycles. The van der Waals surface area contributed by atoms with Crippen LogP contribution in [0.15, 0.2) is 42.5 Å². The van der Waals surface area contributed by atoms with Crippen LogP contribution in [0.25, 0.3) is 10.2 Å². The molecule has 2 heterocycles. The highest BCUT2D eigenvalue weighted by Crippen LogP contribution is 2.30. The fourth-order valence-electron chi connectivity index (χ4n) is 3.45. The number of nitrogens with zero attached hydrogens (tertiary/aromatic N) is 2. The number of hydrogen-bond acceptors (Lipinski definition) is 4. The molecular weight excluding hydrogens is 370 g/mol. The fourth-order valence-corrected chi connectivity index (χ4v) is 4.54. The third-order valence-electron chi connectivity index (χ3n) is 5.20. The summed E-state index contributed by atoms with van der Waals surface area (Å²) in [7, 11) is 0. The van der Waals surface area contributed by atoms with Crippen LogP contribution in [-0.2, 0) is 4.74 Å². The molecule has 1 N–H and O–H groups in total. The minimum atomic E-state index is 0.0171. The Kier molecular flexibility index (Phi) is 5.71. The molecule has 1 fully saturated rings. The molecule has 0 atom stereocenters. The molecule has 1 saturated heterocycles. The second kappa shape index (κ2) is 8.39. The molecule has 3 aromatic rings. The molecule has 0 radical (unpaired) electrons. The number of rotatable bonds is 5. The number of fused-ring (bicyclic) bond motifs is 1. The van der Waals surface area contributed by atoms with Crippen molar-refractivity contribution in [2.75, 3.05) is 44.3 Å². The molecule has 5 nitrogen and oxygen atoms in total. The number of aryl methyl sites for hydroxylation is 2. The molecule has 0 spiro atoms. The van der Waals surface area contributed by atoms with Crippen molar-refractivity contribution in [3.05, 3.63) is 59.2 Å². The van der Waals surface area contributed by atoms with Gasteiger partial charge < -0.3 is 9.64 Å². The lowest BCUT2D eigenvalue weighted by molar-refractivity contribution is -0.906. The molecule has 0 aliphatic carbocycles. The number of anilines is 1. The number of morpholine rings is 1. The second-order valence-electron chi connectivity index (χ2n) is 7.40. The first-order chi connectivity index (χ1) is 13.6. The number of thiazole rings is 1. The van der Waals surface area contributed by atoms with Crippen LogP contribution < -0.4 is 9.80 Å². The van der Waals surface area contributed by atoms with E-state index in [1.807, 2.05) is 42.2 Å². The predicted octanol–water partition coefficient (Wildman–Crippen LogP) is 2.48. The van der Waals surface area contributed by atoms with Gasteiger partial charge in [0.05, 0.1) is 36.5 Å². The first-order valence-corrected chi connectivity index (χ1v) is 10.6. The van der Waals surface area contributed by atoms with Crippen LogP contribution in [0.5, 0.6) is 0 Å². The first kappa shape index (κ1) is 19.1. The number of benzene rings is 2. The number of ether oxygens (including phenoxy) is 1. The van der Waals surface area contributed by atoms with Crippen LogP contribution in [0, 0.1) is 13.8 Å². The van der Waals surface area contributed by atoms with E-state index in [1.165, 1.54) is 10.5 Å². The zero-order chi connectivity index (χ0) is 19.5. The van der Waals surface area contributed by atoms with Crippen molar-refractivity contribution >= 4 is 32.6 Å². The highest BCUT2D eigenvalue weighted by molar-refractivity contribution is 7.22. The average molecular weight is 397 g/mol. The summed E-state index contributed by atoms with van der Waals surface area (Å²) in [6.07, 6.45) is 0. The lowest BCUT2D eigenvalue weighted by Crippen LogP contribution is -3.14. The Bertz CT molecular complexity index is 962. The van der Waals surface area contributed by atoms with Crippen LogP contribution >= 0.6 is 11.3 Å². The Labute approximate surface area is 169 Å². The van der Waals surface area contributed by atoms with Gasteiger partial charge in [0.2, 0.25) is 0 Å². The minimum absolute atomic E-state index is 0.0171. The lowest BCUT2D eigenvalue weighted by Gasteiger charge is -2.27. The smallest absolute Gasteiger partial charge is 0.260 e. The van der Waals surface area contributed by atoms with Crippen molar-refractivity contribution in [3.63, 3.8) is 0 Å². The van der Waals surface area contributed by atoms with E-state index in [1.54, 1.807) is 11.3 Å². The van der Waals surface area contributed by atoms with Crippen LogP contribution in [-0.4, -0.2) is 50.3 Å². The van der Waals surface area contributed by atoms with E-state index >= 15 is 0 Å². The lowest BCUT2D eigenvalue weighted by atomic mass is 10.1. The molecular formula is C22H26N3O2S+. The normalized spacial score (nSPS) is 15.1. The van der Waals surface area contributed by atoms with Gasteiger partial charge >= 0.3 is 0 Å². The summed E-state index contributed by atoms with van der Waals surface area (Å²) >= 11 is 1.59. The Morgan fingerprint density at radius 3 is 2.57 bits per heavy atom. The summed E-state index contributed by atoms with van der Waals surface area (Å²) < 4.78 is 6.58. The number of carbonyl (C=O) groups excluding carboxylic acids is 1. The third kappa shape index (κ3) is 4.24. The molecule has 6 heteroatoms. The van der Waals surface area contributed by atoms with Crippen molar-refractivity contribution in [2.24, 2.45) is 0 Å². The van der Waals surface area contributed by atoms with Gasteiger partial charge in [-0.25, -0.2) is 4.98 Å². The second-order valence-corrected chi connectivity index (χ2v) is 8.41. The molecule has 1 amide bonds. The van der Waals surface area contributed by atoms with Gasteiger partial charge in [-0.05, 0) is 43.7 Å². The van der Waals surface area contributed by atoms with Gasteiger partial charge in [-0.15, -0.1) is 0 Å². The molecule has 1 aromatic heterocycles. The topological polar surface area (TPSA) is 46.9 Å². The molecule has 0 bridgehead atoms. The van der Waals surface area contributed by atoms with Crippen molar-refractivity contribution in [1.29, 1.82) is 0 Å². The summed E-state index contributed by atoms with van der Waals surface area (Å²) in [5.74, 6) is 0.0171. The summed E-state index contributed by atoms with van der Waals surface area (Å²) in [6, 6.07) is 14.0. The van der Waals surface area contributed by atoms with Gasteiger partial charge in [0.15, 0.2) is 5.13 Å². The van der Waals surface area contributed by atoms with Crippen LogP contribution in [0.2, 0.25) is 0 Å². The van der Waals surface area contributed by atoms with Crippen molar-refractivity contribution in [2.45, 2.75) is 13.8 Å². The quantitative estimate of drug-likeness (QED) is 0.721. The Morgan fingerprint density at radius 2 is 1.82 bits per heavy atom. The number of nitrogens with one attached hydrogen (secondary N) is 1. The van der Waals surface area contributed by atoms with E-state index in [4.69, 9.17) is 9.72 Å². The van der Waals surface area contributed by atoms with E-state index < -0.39 is 0 Å². The van der Waals surface area contributed by atoms with Crippen molar-refractivity contribution in [1.82, 2.24) is 4.98 Å². The van der Waals surface area contributed by atoms with Crippen molar-refractivity contribution < 1.29 is 14.4 Å².